The van der Waals surface area contributed by atoms with Crippen molar-refractivity contribution in [1.82, 2.24) is 9.47 Å². The molecule has 2 aliphatic rings. The second-order valence-corrected chi connectivity index (χ2v) is 7.93. The number of hydrogen-bond donors (Lipinski definition) is 1. The number of rotatable bonds is 5. The molecule has 0 radical (unpaired) electrons. The molecule has 31 heavy (non-hydrogen) atoms. The topological polar surface area (TPSA) is 124 Å². The average molecular weight is 433 g/mol. The van der Waals surface area contributed by atoms with Gasteiger partial charge in [0.1, 0.15) is 11.3 Å². The molecule has 166 valence electrons. The van der Waals surface area contributed by atoms with Gasteiger partial charge in [-0.15, -0.1) is 0 Å². The number of aromatic nitrogens is 1. The number of anilines is 2. The maximum Gasteiger partial charge on any atom is 0.343 e. The first-order chi connectivity index (χ1) is 14.8. The maximum atomic E-state index is 16.0. The summed E-state index contributed by atoms with van der Waals surface area (Å²) in [6.07, 6.45) is 2.77. The number of carbonyl (C=O) groups excluding carboxylic acids is 1. The Morgan fingerprint density at radius 2 is 1.97 bits per heavy atom. The third-order valence-corrected chi connectivity index (χ3v) is 5.84. The summed E-state index contributed by atoms with van der Waals surface area (Å²) in [5.74, 6) is -1.73. The molecule has 1 aliphatic carbocycles. The molecule has 1 aromatic heterocycles. The second kappa shape index (κ2) is 7.80. The Morgan fingerprint density at radius 1 is 1.32 bits per heavy atom. The van der Waals surface area contributed by atoms with Crippen molar-refractivity contribution in [2.24, 2.45) is 0 Å². The van der Waals surface area contributed by atoms with Crippen LogP contribution in [0, 0.1) is 15.9 Å². The van der Waals surface area contributed by atoms with E-state index in [1.807, 2.05) is 11.9 Å². The molecule has 0 unspecified atom stereocenters. The number of benzene rings is 1. The van der Waals surface area contributed by atoms with Crippen LogP contribution in [0.1, 0.15) is 36.2 Å². The molecule has 2 N–H and O–H groups in total. The highest BCUT2D eigenvalue weighted by Gasteiger charge is 2.37. The van der Waals surface area contributed by atoms with E-state index in [1.165, 1.54) is 10.8 Å². The van der Waals surface area contributed by atoms with Crippen molar-refractivity contribution < 1.29 is 18.8 Å². The normalized spacial score (nSPS) is 17.2. The Bertz CT molecular complexity index is 1140. The van der Waals surface area contributed by atoms with Gasteiger partial charge in [0.2, 0.25) is 5.43 Å². The molecular formula is C20H24FN5O5. The van der Waals surface area contributed by atoms with Crippen LogP contribution in [0.25, 0.3) is 10.9 Å². The number of nitro groups is 1. The number of pyridine rings is 1. The van der Waals surface area contributed by atoms with Gasteiger partial charge in [-0.3, -0.25) is 14.9 Å². The van der Waals surface area contributed by atoms with E-state index in [0.29, 0.717) is 26.2 Å². The van der Waals surface area contributed by atoms with Crippen LogP contribution >= 0.6 is 0 Å². The highest BCUT2D eigenvalue weighted by atomic mass is 19.1. The number of nitrogens with two attached hydrogens (primary N) is 1. The fourth-order valence-electron chi connectivity index (χ4n) is 4.07. The zero-order valence-corrected chi connectivity index (χ0v) is 17.4. The minimum absolute atomic E-state index is 0.0477. The van der Waals surface area contributed by atoms with Crippen molar-refractivity contribution in [3.8, 4) is 0 Å². The largest absolute Gasteiger partial charge is 0.462 e. The molecule has 1 saturated carbocycles. The number of carbonyl (C=O) groups is 1. The summed E-state index contributed by atoms with van der Waals surface area (Å²) in [6, 6.07) is -0.119. The Balaban J connectivity index is 2.06. The predicted octanol–water partition coefficient (Wildman–Crippen LogP) is 1.89. The molecule has 0 bridgehead atoms. The average Bonchev–Trinajstić information content (AvgIpc) is 3.56. The van der Waals surface area contributed by atoms with Gasteiger partial charge >= 0.3 is 11.7 Å². The third kappa shape index (κ3) is 3.48. The van der Waals surface area contributed by atoms with Crippen molar-refractivity contribution in [2.45, 2.75) is 25.8 Å². The first kappa shape index (κ1) is 21.0. The Labute approximate surface area is 177 Å². The van der Waals surface area contributed by atoms with Crippen molar-refractivity contribution in [1.29, 1.82) is 0 Å². The minimum Gasteiger partial charge on any atom is -0.462 e. The van der Waals surface area contributed by atoms with Crippen LogP contribution in [0.15, 0.2) is 11.0 Å². The van der Waals surface area contributed by atoms with Crippen LogP contribution in [0.4, 0.5) is 21.5 Å². The number of hydrogen-bond acceptors (Lipinski definition) is 8. The molecule has 1 saturated heterocycles. The number of likely N-dealkylation sites (N-methyl/N-ethyl adjacent to an activating group) is 1. The first-order valence-corrected chi connectivity index (χ1v) is 10.2. The molecular weight excluding hydrogens is 409 g/mol. The van der Waals surface area contributed by atoms with Crippen molar-refractivity contribution in [2.75, 3.05) is 50.5 Å². The summed E-state index contributed by atoms with van der Waals surface area (Å²) < 4.78 is 22.4. The van der Waals surface area contributed by atoms with Gasteiger partial charge in [0.15, 0.2) is 11.5 Å². The number of esters is 1. The van der Waals surface area contributed by atoms with Crippen LogP contribution in [0.3, 0.4) is 0 Å². The van der Waals surface area contributed by atoms with Gasteiger partial charge < -0.3 is 24.8 Å². The monoisotopic (exact) mass is 433 g/mol. The number of halogens is 1. The van der Waals surface area contributed by atoms with E-state index in [9.17, 15) is 19.7 Å². The number of nitro benzene ring substituents is 1. The Hall–Kier alpha value is -3.21. The van der Waals surface area contributed by atoms with Crippen LogP contribution < -0.4 is 16.1 Å². The fourth-order valence-corrected chi connectivity index (χ4v) is 4.07. The number of nitrogens with zero attached hydrogens (tertiary/aromatic N) is 4. The molecule has 2 heterocycles. The second-order valence-electron chi connectivity index (χ2n) is 7.93. The van der Waals surface area contributed by atoms with Crippen molar-refractivity contribution >= 4 is 33.9 Å². The van der Waals surface area contributed by atoms with E-state index in [4.69, 9.17) is 10.5 Å². The SMILES string of the molecule is CCOC(=O)c1cn(C2CC2)c2c(F)c(N3CCN(C)CC3)c([N+](=O)[O-])c(N)c2c1=O. The van der Waals surface area contributed by atoms with E-state index >= 15 is 4.39 Å². The van der Waals surface area contributed by atoms with Crippen LogP contribution in [-0.2, 0) is 4.74 Å². The van der Waals surface area contributed by atoms with E-state index in [-0.39, 0.29) is 34.8 Å². The van der Waals surface area contributed by atoms with Gasteiger partial charge in [-0.1, -0.05) is 0 Å². The van der Waals surface area contributed by atoms with E-state index in [2.05, 4.69) is 0 Å². The summed E-state index contributed by atoms with van der Waals surface area (Å²) in [6.45, 7) is 3.62. The van der Waals surface area contributed by atoms with Crippen LogP contribution in [0.5, 0.6) is 0 Å². The smallest absolute Gasteiger partial charge is 0.343 e. The Morgan fingerprint density at radius 3 is 2.52 bits per heavy atom. The van der Waals surface area contributed by atoms with Gasteiger partial charge in [0.25, 0.3) is 0 Å². The molecule has 1 aromatic carbocycles. The molecule has 11 heteroatoms. The predicted molar refractivity (Wildman–Crippen MR) is 113 cm³/mol. The number of fused-ring (bicyclic) bond motifs is 1. The van der Waals surface area contributed by atoms with Crippen LogP contribution in [0.2, 0.25) is 0 Å². The van der Waals surface area contributed by atoms with Gasteiger partial charge in [-0.25, -0.2) is 9.18 Å². The fraction of sp³-hybridized carbons (Fsp3) is 0.500. The lowest BCUT2D eigenvalue weighted by Crippen LogP contribution is -2.45. The lowest BCUT2D eigenvalue weighted by molar-refractivity contribution is -0.383. The first-order valence-electron chi connectivity index (χ1n) is 10.2. The molecule has 0 amide bonds. The molecule has 0 spiro atoms. The summed E-state index contributed by atoms with van der Waals surface area (Å²) >= 11 is 0. The standard InChI is InChI=1S/C20H24FN5O5/c1-3-31-20(28)12-10-25(11-4-5-11)16-13(19(12)27)15(22)18(26(29)30)17(14(16)21)24-8-6-23(2)7-9-24/h10-11H,3-9,22H2,1-2H3. The molecule has 2 fully saturated rings. The van der Waals surface area contributed by atoms with Gasteiger partial charge in [-0.2, -0.15) is 0 Å². The number of ether oxygens (including phenoxy) is 1. The van der Waals surface area contributed by atoms with Gasteiger partial charge in [-0.05, 0) is 26.8 Å². The van der Waals surface area contributed by atoms with E-state index in [0.717, 1.165) is 12.8 Å². The summed E-state index contributed by atoms with van der Waals surface area (Å²) in [5.41, 5.74) is 3.59. The van der Waals surface area contributed by atoms with Crippen LogP contribution in [-0.4, -0.2) is 60.2 Å². The summed E-state index contributed by atoms with van der Waals surface area (Å²) in [4.78, 5) is 40.3. The summed E-state index contributed by atoms with van der Waals surface area (Å²) in [5, 5.41) is 11.6. The minimum atomic E-state index is -0.866. The van der Waals surface area contributed by atoms with E-state index < -0.39 is 33.5 Å². The quantitative estimate of drug-likeness (QED) is 0.328. The molecule has 1 aliphatic heterocycles. The van der Waals surface area contributed by atoms with Gasteiger partial charge in [0.05, 0.1) is 22.4 Å². The number of nitrogen functional groups attached to an aromatic ring is 1. The van der Waals surface area contributed by atoms with Crippen molar-refractivity contribution in [3.63, 3.8) is 0 Å². The molecule has 4 rings (SSSR count). The van der Waals surface area contributed by atoms with Crippen molar-refractivity contribution in [3.05, 3.63) is 37.9 Å². The van der Waals surface area contributed by atoms with Gasteiger partial charge in [0, 0.05) is 38.4 Å². The lowest BCUT2D eigenvalue weighted by atomic mass is 10.0. The molecule has 10 nitrogen and oxygen atoms in total. The zero-order chi connectivity index (χ0) is 22.4. The maximum absolute atomic E-state index is 16.0. The third-order valence-electron chi connectivity index (χ3n) is 5.84. The number of piperazine rings is 1. The molecule has 0 atom stereocenters. The van der Waals surface area contributed by atoms with E-state index in [1.54, 1.807) is 11.8 Å². The highest BCUT2D eigenvalue weighted by Crippen LogP contribution is 2.45. The summed E-state index contributed by atoms with van der Waals surface area (Å²) in [7, 11) is 1.92. The lowest BCUT2D eigenvalue weighted by Gasteiger charge is -2.34. The molecule has 2 aromatic rings. The zero-order valence-electron chi connectivity index (χ0n) is 17.4. The highest BCUT2D eigenvalue weighted by molar-refractivity contribution is 6.04. The Kier molecular flexibility index (Phi) is 5.29.